The first-order valence-corrected chi connectivity index (χ1v) is 4.00. The quantitative estimate of drug-likeness (QED) is 0.732. The van der Waals surface area contributed by atoms with Crippen molar-refractivity contribution in [2.75, 3.05) is 13.1 Å². The van der Waals surface area contributed by atoms with Crippen LogP contribution in [0.5, 0.6) is 0 Å². The minimum Gasteiger partial charge on any atom is -0.309 e. The molecule has 0 radical (unpaired) electrons. The molecule has 70 valence electrons. The lowest BCUT2D eigenvalue weighted by atomic mass is 10.1. The highest BCUT2D eigenvalue weighted by Gasteiger charge is 2.06. The SMILES string of the molecule is Cl.Fc1cccc(C=C2CNC2)c1. The predicted molar refractivity (Wildman–Crippen MR) is 54.5 cm³/mol. The molecule has 13 heavy (non-hydrogen) atoms. The Balaban J connectivity index is 0.000000845. The molecule has 0 atom stereocenters. The van der Waals surface area contributed by atoms with Crippen LogP contribution in [0, 0.1) is 5.82 Å². The Bertz CT molecular complexity index is 316. The monoisotopic (exact) mass is 199 g/mol. The second-order valence-electron chi connectivity index (χ2n) is 2.96. The molecule has 0 aromatic heterocycles. The zero-order chi connectivity index (χ0) is 8.39. The van der Waals surface area contributed by atoms with Crippen molar-refractivity contribution in [3.63, 3.8) is 0 Å². The van der Waals surface area contributed by atoms with Crippen molar-refractivity contribution in [1.29, 1.82) is 0 Å². The Morgan fingerprint density at radius 3 is 2.62 bits per heavy atom. The highest BCUT2D eigenvalue weighted by Crippen LogP contribution is 2.10. The van der Waals surface area contributed by atoms with E-state index in [4.69, 9.17) is 0 Å². The Kier molecular flexibility index (Phi) is 3.46. The van der Waals surface area contributed by atoms with Gasteiger partial charge in [0.15, 0.2) is 0 Å². The molecular weight excluding hydrogens is 189 g/mol. The van der Waals surface area contributed by atoms with Crippen LogP contribution >= 0.6 is 12.4 Å². The van der Waals surface area contributed by atoms with E-state index in [1.165, 1.54) is 11.6 Å². The summed E-state index contributed by atoms with van der Waals surface area (Å²) in [5, 5.41) is 3.13. The van der Waals surface area contributed by atoms with Crippen LogP contribution in [-0.2, 0) is 0 Å². The number of nitrogens with one attached hydrogen (secondary N) is 1. The first-order valence-electron chi connectivity index (χ1n) is 4.00. The fourth-order valence-corrected chi connectivity index (χ4v) is 1.20. The van der Waals surface area contributed by atoms with E-state index < -0.39 is 0 Å². The van der Waals surface area contributed by atoms with E-state index in [1.807, 2.05) is 12.1 Å². The summed E-state index contributed by atoms with van der Waals surface area (Å²) >= 11 is 0. The van der Waals surface area contributed by atoms with E-state index in [-0.39, 0.29) is 18.2 Å². The molecule has 0 bridgehead atoms. The number of hydrogen-bond acceptors (Lipinski definition) is 1. The molecule has 0 aliphatic carbocycles. The summed E-state index contributed by atoms with van der Waals surface area (Å²) in [6.45, 7) is 1.88. The number of rotatable bonds is 1. The highest BCUT2D eigenvalue weighted by molar-refractivity contribution is 5.85. The molecule has 1 heterocycles. The standard InChI is InChI=1S/C10H10FN.ClH/c11-10-3-1-2-8(5-10)4-9-6-12-7-9;/h1-5,12H,6-7H2;1H. The molecule has 3 heteroatoms. The van der Waals surface area contributed by atoms with Crippen molar-refractivity contribution >= 4 is 18.5 Å². The summed E-state index contributed by atoms with van der Waals surface area (Å²) in [5.41, 5.74) is 2.28. The largest absolute Gasteiger partial charge is 0.309 e. The molecule has 1 aromatic carbocycles. The predicted octanol–water partition coefficient (Wildman–Crippen LogP) is 2.23. The van der Waals surface area contributed by atoms with Gasteiger partial charge in [-0.2, -0.15) is 0 Å². The number of halogens is 2. The molecule has 1 fully saturated rings. The summed E-state index contributed by atoms with van der Waals surface area (Å²) in [6.07, 6.45) is 2.03. The third-order valence-corrected chi connectivity index (χ3v) is 1.92. The van der Waals surface area contributed by atoms with E-state index in [9.17, 15) is 4.39 Å². The van der Waals surface area contributed by atoms with Crippen molar-refractivity contribution in [2.45, 2.75) is 0 Å². The second kappa shape index (κ2) is 4.40. The van der Waals surface area contributed by atoms with Crippen LogP contribution in [0.2, 0.25) is 0 Å². The average Bonchev–Trinajstić information content (AvgIpc) is 1.97. The first-order chi connectivity index (χ1) is 5.84. The van der Waals surface area contributed by atoms with Gasteiger partial charge in [-0.05, 0) is 23.3 Å². The summed E-state index contributed by atoms with van der Waals surface area (Å²) in [4.78, 5) is 0. The minimum atomic E-state index is -0.170. The van der Waals surface area contributed by atoms with Gasteiger partial charge in [0.2, 0.25) is 0 Å². The Morgan fingerprint density at radius 2 is 2.08 bits per heavy atom. The summed E-state index contributed by atoms with van der Waals surface area (Å²) in [5.74, 6) is -0.170. The normalized spacial score (nSPS) is 14.4. The molecule has 1 saturated heterocycles. The molecule has 0 amide bonds. The van der Waals surface area contributed by atoms with Gasteiger partial charge < -0.3 is 5.32 Å². The van der Waals surface area contributed by atoms with Gasteiger partial charge >= 0.3 is 0 Å². The number of hydrogen-bond donors (Lipinski definition) is 1. The van der Waals surface area contributed by atoms with Crippen LogP contribution < -0.4 is 5.32 Å². The van der Waals surface area contributed by atoms with Gasteiger partial charge in [-0.1, -0.05) is 18.2 Å². The number of benzene rings is 1. The molecule has 1 nitrogen and oxygen atoms in total. The Labute approximate surface area is 83.1 Å². The van der Waals surface area contributed by atoms with Crippen molar-refractivity contribution in [2.24, 2.45) is 0 Å². The average molecular weight is 200 g/mol. The van der Waals surface area contributed by atoms with Crippen molar-refractivity contribution < 1.29 is 4.39 Å². The van der Waals surface area contributed by atoms with Gasteiger partial charge in [-0.25, -0.2) is 4.39 Å². The topological polar surface area (TPSA) is 12.0 Å². The maximum Gasteiger partial charge on any atom is 0.123 e. The van der Waals surface area contributed by atoms with Crippen molar-refractivity contribution in [3.8, 4) is 0 Å². The van der Waals surface area contributed by atoms with Crippen LogP contribution in [0.3, 0.4) is 0 Å². The highest BCUT2D eigenvalue weighted by atomic mass is 35.5. The second-order valence-corrected chi connectivity index (χ2v) is 2.96. The van der Waals surface area contributed by atoms with Crippen molar-refractivity contribution in [1.82, 2.24) is 5.32 Å². The van der Waals surface area contributed by atoms with Gasteiger partial charge in [-0.3, -0.25) is 0 Å². The van der Waals surface area contributed by atoms with Crippen LogP contribution in [0.15, 0.2) is 29.8 Å². The molecule has 1 aromatic rings. The lowest BCUT2D eigenvalue weighted by Crippen LogP contribution is -2.33. The molecule has 0 unspecified atom stereocenters. The van der Waals surface area contributed by atoms with Crippen LogP contribution in [0.1, 0.15) is 5.56 Å². The maximum absolute atomic E-state index is 12.7. The first kappa shape index (κ1) is 10.2. The van der Waals surface area contributed by atoms with E-state index >= 15 is 0 Å². The lowest BCUT2D eigenvalue weighted by molar-refractivity contribution is 0.627. The Hall–Kier alpha value is -0.860. The van der Waals surface area contributed by atoms with Crippen LogP contribution in [0.4, 0.5) is 4.39 Å². The lowest BCUT2D eigenvalue weighted by Gasteiger charge is -2.18. The van der Waals surface area contributed by atoms with Gasteiger partial charge in [-0.15, -0.1) is 12.4 Å². The molecular formula is C10H11ClFN. The molecule has 1 aliphatic heterocycles. The van der Waals surface area contributed by atoms with E-state index in [0.29, 0.717) is 0 Å². The minimum absolute atomic E-state index is 0. The van der Waals surface area contributed by atoms with Gasteiger partial charge in [0.1, 0.15) is 5.82 Å². The van der Waals surface area contributed by atoms with Crippen LogP contribution in [0.25, 0.3) is 6.08 Å². The zero-order valence-electron chi connectivity index (χ0n) is 7.09. The molecule has 0 spiro atoms. The fourth-order valence-electron chi connectivity index (χ4n) is 1.20. The van der Waals surface area contributed by atoms with Crippen LogP contribution in [-0.4, -0.2) is 13.1 Å². The Morgan fingerprint density at radius 1 is 1.31 bits per heavy atom. The summed E-state index contributed by atoms with van der Waals surface area (Å²) < 4.78 is 12.7. The summed E-state index contributed by atoms with van der Waals surface area (Å²) in [6, 6.07) is 6.65. The molecule has 1 aliphatic rings. The third-order valence-electron chi connectivity index (χ3n) is 1.92. The van der Waals surface area contributed by atoms with Gasteiger partial charge in [0, 0.05) is 13.1 Å². The van der Waals surface area contributed by atoms with Gasteiger partial charge in [0.25, 0.3) is 0 Å². The third kappa shape index (κ3) is 2.54. The molecule has 2 rings (SSSR count). The van der Waals surface area contributed by atoms with Gasteiger partial charge in [0.05, 0.1) is 0 Å². The smallest absolute Gasteiger partial charge is 0.123 e. The van der Waals surface area contributed by atoms with E-state index in [2.05, 4.69) is 5.32 Å². The molecule has 0 saturated carbocycles. The molecule has 1 N–H and O–H groups in total. The van der Waals surface area contributed by atoms with E-state index in [0.717, 1.165) is 18.7 Å². The zero-order valence-corrected chi connectivity index (χ0v) is 7.90. The fraction of sp³-hybridized carbons (Fsp3) is 0.200. The van der Waals surface area contributed by atoms with E-state index in [1.54, 1.807) is 12.1 Å². The van der Waals surface area contributed by atoms with Crippen molar-refractivity contribution in [3.05, 3.63) is 41.2 Å². The maximum atomic E-state index is 12.7. The summed E-state index contributed by atoms with van der Waals surface area (Å²) in [7, 11) is 0.